The van der Waals surface area contributed by atoms with Gasteiger partial charge in [0.25, 0.3) is 0 Å². The molecule has 0 bridgehead atoms. The molecule has 1 N–H and O–H groups in total. The van der Waals surface area contributed by atoms with E-state index in [-0.39, 0.29) is 11.1 Å². The number of rotatable bonds is 3. The average Bonchev–Trinajstić information content (AvgIpc) is 2.26. The Labute approximate surface area is 87.7 Å². The van der Waals surface area contributed by atoms with E-state index in [4.69, 9.17) is 15.1 Å². The Morgan fingerprint density at radius 3 is 2.67 bits per heavy atom. The molecule has 4 heteroatoms. The maximum Gasteiger partial charge on any atom is 0.337 e. The minimum Gasteiger partial charge on any atom is -0.496 e. The third-order valence-corrected chi connectivity index (χ3v) is 2.15. The molecule has 1 aromatic rings. The van der Waals surface area contributed by atoms with Crippen LogP contribution in [0.4, 0.5) is 0 Å². The zero-order chi connectivity index (χ0) is 11.4. The smallest absolute Gasteiger partial charge is 0.337 e. The first kappa shape index (κ1) is 11.1. The first-order valence-corrected chi connectivity index (χ1v) is 4.48. The zero-order valence-electron chi connectivity index (χ0n) is 8.57. The van der Waals surface area contributed by atoms with E-state index in [1.807, 2.05) is 13.0 Å². The van der Waals surface area contributed by atoms with E-state index < -0.39 is 5.97 Å². The molecule has 1 aromatic carbocycles. The van der Waals surface area contributed by atoms with E-state index in [0.717, 1.165) is 5.56 Å². The third-order valence-electron chi connectivity index (χ3n) is 2.15. The monoisotopic (exact) mass is 205 g/mol. The van der Waals surface area contributed by atoms with Gasteiger partial charge in [-0.25, -0.2) is 4.79 Å². The van der Waals surface area contributed by atoms with Crippen LogP contribution in [-0.2, 0) is 6.42 Å². The van der Waals surface area contributed by atoms with Crippen molar-refractivity contribution in [2.75, 3.05) is 7.11 Å². The summed E-state index contributed by atoms with van der Waals surface area (Å²) in [4.78, 5) is 10.9. The molecule has 0 saturated heterocycles. The molecular formula is C11H11NO3. The lowest BCUT2D eigenvalue weighted by molar-refractivity contribution is 0.0696. The Balaban J connectivity index is 3.42. The van der Waals surface area contributed by atoms with Gasteiger partial charge in [-0.3, -0.25) is 0 Å². The fourth-order valence-electron chi connectivity index (χ4n) is 1.36. The van der Waals surface area contributed by atoms with Gasteiger partial charge in [0.1, 0.15) is 11.8 Å². The lowest BCUT2D eigenvalue weighted by Gasteiger charge is -2.08. The van der Waals surface area contributed by atoms with Crippen molar-refractivity contribution in [2.24, 2.45) is 0 Å². The predicted molar refractivity (Wildman–Crippen MR) is 54.0 cm³/mol. The molecule has 0 radical (unpaired) electrons. The number of nitriles is 1. The number of nitrogens with zero attached hydrogens (tertiary/aromatic N) is 1. The van der Waals surface area contributed by atoms with E-state index >= 15 is 0 Å². The number of methoxy groups -OCH3 is 1. The molecule has 78 valence electrons. The third kappa shape index (κ3) is 2.08. The van der Waals surface area contributed by atoms with Gasteiger partial charge in [0.15, 0.2) is 0 Å². The molecule has 0 saturated carbocycles. The maximum atomic E-state index is 10.9. The number of hydrogen-bond donors (Lipinski definition) is 1. The summed E-state index contributed by atoms with van der Waals surface area (Å²) in [5.41, 5.74) is 0.931. The summed E-state index contributed by atoms with van der Waals surface area (Å²) in [6.07, 6.45) is 0.662. The van der Waals surface area contributed by atoms with Gasteiger partial charge in [0.05, 0.1) is 18.2 Å². The van der Waals surface area contributed by atoms with Crippen LogP contribution >= 0.6 is 0 Å². The van der Waals surface area contributed by atoms with E-state index in [2.05, 4.69) is 0 Å². The molecule has 0 heterocycles. The summed E-state index contributed by atoms with van der Waals surface area (Å²) in [5.74, 6) is -0.539. The molecule has 0 spiro atoms. The van der Waals surface area contributed by atoms with Crippen molar-refractivity contribution in [3.05, 3.63) is 28.8 Å². The molecule has 0 amide bonds. The summed E-state index contributed by atoms with van der Waals surface area (Å²) < 4.78 is 5.07. The van der Waals surface area contributed by atoms with Crippen molar-refractivity contribution >= 4 is 5.97 Å². The van der Waals surface area contributed by atoms with Gasteiger partial charge >= 0.3 is 5.97 Å². The molecule has 0 aliphatic rings. The van der Waals surface area contributed by atoms with Gasteiger partial charge in [-0.2, -0.15) is 5.26 Å². The lowest BCUT2D eigenvalue weighted by Crippen LogP contribution is -2.03. The van der Waals surface area contributed by atoms with Crippen LogP contribution in [-0.4, -0.2) is 18.2 Å². The minimum atomic E-state index is -1.09. The highest BCUT2D eigenvalue weighted by Crippen LogP contribution is 2.23. The summed E-state index contributed by atoms with van der Waals surface area (Å²) in [6, 6.07) is 4.79. The fourth-order valence-corrected chi connectivity index (χ4v) is 1.36. The van der Waals surface area contributed by atoms with Crippen LogP contribution in [0, 0.1) is 11.3 Å². The van der Waals surface area contributed by atoms with Crippen LogP contribution in [0.3, 0.4) is 0 Å². The van der Waals surface area contributed by atoms with Crippen molar-refractivity contribution in [3.8, 4) is 11.8 Å². The second-order valence-electron chi connectivity index (χ2n) is 2.98. The Morgan fingerprint density at radius 1 is 1.60 bits per heavy atom. The number of benzene rings is 1. The molecule has 15 heavy (non-hydrogen) atoms. The Bertz CT molecular complexity index is 432. The largest absolute Gasteiger partial charge is 0.496 e. The van der Waals surface area contributed by atoms with Crippen molar-refractivity contribution in [1.82, 2.24) is 0 Å². The molecule has 0 fully saturated rings. The number of aromatic carboxylic acids is 1. The van der Waals surface area contributed by atoms with Crippen LogP contribution in [0.25, 0.3) is 0 Å². The number of carboxylic acids is 1. The molecule has 0 aromatic heterocycles. The maximum absolute atomic E-state index is 10.9. The molecule has 0 aliphatic carbocycles. The normalized spacial score (nSPS) is 9.40. The summed E-state index contributed by atoms with van der Waals surface area (Å²) >= 11 is 0. The second-order valence-corrected chi connectivity index (χ2v) is 2.98. The van der Waals surface area contributed by atoms with Gasteiger partial charge in [0, 0.05) is 0 Å². The van der Waals surface area contributed by atoms with Crippen LogP contribution in [0.15, 0.2) is 12.1 Å². The predicted octanol–water partition coefficient (Wildman–Crippen LogP) is 1.83. The minimum absolute atomic E-state index is 0.0233. The fraction of sp³-hybridized carbons (Fsp3) is 0.273. The SMILES string of the molecule is CCc1cc(C(=O)O)c(C#N)cc1OC. The molecule has 0 atom stereocenters. The summed E-state index contributed by atoms with van der Waals surface area (Å²) in [6.45, 7) is 1.90. The van der Waals surface area contributed by atoms with Gasteiger partial charge in [-0.1, -0.05) is 6.92 Å². The van der Waals surface area contributed by atoms with E-state index in [1.54, 1.807) is 0 Å². The van der Waals surface area contributed by atoms with Gasteiger partial charge < -0.3 is 9.84 Å². The first-order chi connectivity index (χ1) is 7.13. The number of hydrogen-bond acceptors (Lipinski definition) is 3. The molecular weight excluding hydrogens is 194 g/mol. The summed E-state index contributed by atoms with van der Waals surface area (Å²) in [7, 11) is 1.50. The van der Waals surface area contributed by atoms with Gasteiger partial charge in [-0.05, 0) is 24.1 Å². The van der Waals surface area contributed by atoms with Crippen molar-refractivity contribution in [1.29, 1.82) is 5.26 Å². The molecule has 1 rings (SSSR count). The highest BCUT2D eigenvalue weighted by Gasteiger charge is 2.14. The van der Waals surface area contributed by atoms with Crippen LogP contribution in [0.2, 0.25) is 0 Å². The average molecular weight is 205 g/mol. The topological polar surface area (TPSA) is 70.3 Å². The Kier molecular flexibility index (Phi) is 3.29. The molecule has 0 unspecified atom stereocenters. The number of ether oxygens (including phenoxy) is 1. The van der Waals surface area contributed by atoms with Crippen LogP contribution < -0.4 is 4.74 Å². The van der Waals surface area contributed by atoms with Crippen LogP contribution in [0.1, 0.15) is 28.4 Å². The number of carboxylic acid groups (broad SMARTS) is 1. The van der Waals surface area contributed by atoms with Crippen molar-refractivity contribution in [2.45, 2.75) is 13.3 Å². The van der Waals surface area contributed by atoms with E-state index in [9.17, 15) is 4.79 Å². The van der Waals surface area contributed by atoms with E-state index in [1.165, 1.54) is 19.2 Å². The Hall–Kier alpha value is -2.02. The highest BCUT2D eigenvalue weighted by molar-refractivity contribution is 5.91. The quantitative estimate of drug-likeness (QED) is 0.817. The zero-order valence-corrected chi connectivity index (χ0v) is 8.57. The highest BCUT2D eigenvalue weighted by atomic mass is 16.5. The van der Waals surface area contributed by atoms with Gasteiger partial charge in [0.2, 0.25) is 0 Å². The first-order valence-electron chi connectivity index (χ1n) is 4.48. The van der Waals surface area contributed by atoms with Crippen molar-refractivity contribution < 1.29 is 14.6 Å². The number of carbonyl (C=O) groups is 1. The Morgan fingerprint density at radius 2 is 2.27 bits per heavy atom. The lowest BCUT2D eigenvalue weighted by atomic mass is 10.0. The van der Waals surface area contributed by atoms with Gasteiger partial charge in [-0.15, -0.1) is 0 Å². The standard InChI is InChI=1S/C11H11NO3/c1-3-7-4-9(11(13)14)8(6-12)5-10(7)15-2/h4-5H,3H2,1-2H3,(H,13,14). The van der Waals surface area contributed by atoms with Crippen molar-refractivity contribution in [3.63, 3.8) is 0 Å². The summed E-state index contributed by atoms with van der Waals surface area (Å²) in [5, 5.41) is 17.7. The second kappa shape index (κ2) is 4.47. The van der Waals surface area contributed by atoms with Crippen LogP contribution in [0.5, 0.6) is 5.75 Å². The molecule has 0 aliphatic heterocycles. The number of aryl methyl sites for hydroxylation is 1. The molecule has 4 nitrogen and oxygen atoms in total. The van der Waals surface area contributed by atoms with E-state index in [0.29, 0.717) is 12.2 Å².